The Labute approximate surface area is 146 Å². The van der Waals surface area contributed by atoms with Crippen LogP contribution in [0.15, 0.2) is 40.9 Å². The van der Waals surface area contributed by atoms with Gasteiger partial charge in [0.25, 0.3) is 0 Å². The van der Waals surface area contributed by atoms with Gasteiger partial charge in [-0.2, -0.15) is 0 Å². The summed E-state index contributed by atoms with van der Waals surface area (Å²) in [6.07, 6.45) is 0. The molecule has 112 valence electrons. The molecular formula is C15H16BrIN2O2. The zero-order valence-electron chi connectivity index (χ0n) is 11.7. The molecule has 0 saturated heterocycles. The summed E-state index contributed by atoms with van der Waals surface area (Å²) in [5, 5.41) is 0. The van der Waals surface area contributed by atoms with Gasteiger partial charge in [0.2, 0.25) is 0 Å². The van der Waals surface area contributed by atoms with Crippen LogP contribution in [0.5, 0.6) is 11.5 Å². The van der Waals surface area contributed by atoms with E-state index in [9.17, 15) is 0 Å². The van der Waals surface area contributed by atoms with Crippen LogP contribution < -0.4 is 20.7 Å². The molecule has 0 saturated carbocycles. The molecule has 0 amide bonds. The monoisotopic (exact) mass is 462 g/mol. The summed E-state index contributed by atoms with van der Waals surface area (Å²) >= 11 is 5.86. The molecule has 21 heavy (non-hydrogen) atoms. The van der Waals surface area contributed by atoms with E-state index < -0.39 is 0 Å². The van der Waals surface area contributed by atoms with Gasteiger partial charge in [-0.25, -0.2) is 5.43 Å². The lowest BCUT2D eigenvalue weighted by molar-refractivity contribution is 0.377. The minimum Gasteiger partial charge on any atom is -0.496 e. The van der Waals surface area contributed by atoms with Gasteiger partial charge in [0.15, 0.2) is 0 Å². The quantitative estimate of drug-likeness (QED) is 0.404. The first-order chi connectivity index (χ1) is 10.1. The topological polar surface area (TPSA) is 56.5 Å². The molecular weight excluding hydrogens is 447 g/mol. The highest BCUT2D eigenvalue weighted by Gasteiger charge is 2.23. The second-order valence-corrected chi connectivity index (χ2v) is 6.44. The number of nitrogens with one attached hydrogen (secondary N) is 1. The van der Waals surface area contributed by atoms with Gasteiger partial charge in [-0.1, -0.05) is 22.0 Å². The molecule has 6 heteroatoms. The van der Waals surface area contributed by atoms with E-state index in [0.29, 0.717) is 0 Å². The Kier molecular flexibility index (Phi) is 5.86. The van der Waals surface area contributed by atoms with Crippen LogP contribution in [0.1, 0.15) is 17.2 Å². The third-order valence-electron chi connectivity index (χ3n) is 3.19. The molecule has 4 nitrogen and oxygen atoms in total. The maximum Gasteiger partial charge on any atom is 0.127 e. The highest BCUT2D eigenvalue weighted by atomic mass is 127. The van der Waals surface area contributed by atoms with Crippen LogP contribution in [0.4, 0.5) is 0 Å². The number of benzene rings is 2. The Balaban J connectivity index is 2.63. The second-order valence-electron chi connectivity index (χ2n) is 4.34. The van der Waals surface area contributed by atoms with Crippen LogP contribution in [0, 0.1) is 3.57 Å². The zero-order valence-corrected chi connectivity index (χ0v) is 15.4. The summed E-state index contributed by atoms with van der Waals surface area (Å²) in [5.74, 6) is 7.27. The average molecular weight is 463 g/mol. The number of methoxy groups -OCH3 is 2. The molecule has 0 spiro atoms. The largest absolute Gasteiger partial charge is 0.496 e. The molecule has 0 bridgehead atoms. The third kappa shape index (κ3) is 3.50. The zero-order chi connectivity index (χ0) is 15.4. The smallest absolute Gasteiger partial charge is 0.127 e. The molecule has 0 fully saturated rings. The van der Waals surface area contributed by atoms with Crippen LogP contribution in [0.3, 0.4) is 0 Å². The predicted molar refractivity (Wildman–Crippen MR) is 95.6 cm³/mol. The maximum atomic E-state index is 5.82. The van der Waals surface area contributed by atoms with E-state index in [-0.39, 0.29) is 6.04 Å². The number of hydrogen-bond acceptors (Lipinski definition) is 4. The number of hydrogen-bond donors (Lipinski definition) is 2. The van der Waals surface area contributed by atoms with Gasteiger partial charge in [-0.15, -0.1) is 0 Å². The van der Waals surface area contributed by atoms with Gasteiger partial charge < -0.3 is 9.47 Å². The Morgan fingerprint density at radius 3 is 2.29 bits per heavy atom. The fourth-order valence-corrected chi connectivity index (χ4v) is 3.22. The number of rotatable bonds is 5. The van der Waals surface area contributed by atoms with Crippen molar-refractivity contribution in [3.8, 4) is 11.5 Å². The van der Waals surface area contributed by atoms with E-state index in [1.54, 1.807) is 14.2 Å². The van der Waals surface area contributed by atoms with Gasteiger partial charge in [0, 0.05) is 8.04 Å². The minimum atomic E-state index is -0.250. The van der Waals surface area contributed by atoms with Crippen molar-refractivity contribution >= 4 is 38.5 Å². The molecule has 0 aromatic heterocycles. The highest BCUT2D eigenvalue weighted by Crippen LogP contribution is 2.39. The first-order valence-corrected chi connectivity index (χ1v) is 8.11. The fourth-order valence-electron chi connectivity index (χ4n) is 2.23. The molecule has 2 aromatic carbocycles. The van der Waals surface area contributed by atoms with Crippen molar-refractivity contribution in [3.05, 3.63) is 55.6 Å². The average Bonchev–Trinajstić information content (AvgIpc) is 2.51. The molecule has 2 rings (SSSR count). The van der Waals surface area contributed by atoms with Crippen molar-refractivity contribution in [1.82, 2.24) is 5.43 Å². The Morgan fingerprint density at radius 1 is 1.14 bits per heavy atom. The van der Waals surface area contributed by atoms with Crippen molar-refractivity contribution in [2.75, 3.05) is 14.2 Å². The van der Waals surface area contributed by atoms with Gasteiger partial charge in [0.05, 0.1) is 25.8 Å². The van der Waals surface area contributed by atoms with Crippen LogP contribution >= 0.6 is 38.5 Å². The van der Waals surface area contributed by atoms with Crippen LogP contribution in [-0.2, 0) is 0 Å². The molecule has 0 heterocycles. The number of nitrogens with two attached hydrogens (primary N) is 1. The van der Waals surface area contributed by atoms with Crippen LogP contribution in [-0.4, -0.2) is 14.2 Å². The van der Waals surface area contributed by atoms with E-state index in [2.05, 4.69) is 50.0 Å². The molecule has 2 aromatic rings. The van der Waals surface area contributed by atoms with Gasteiger partial charge in [0.1, 0.15) is 11.5 Å². The standard InChI is InChI=1S/C15H16BrIN2O2/c1-20-12-4-3-5-13(21-2)14(12)15(19-18)10-8-9(17)6-7-11(10)16/h3-8,15,19H,18H2,1-2H3. The SMILES string of the molecule is COc1cccc(OC)c1C(NN)c1cc(I)ccc1Br. The van der Waals surface area contributed by atoms with E-state index in [1.165, 1.54) is 0 Å². The first-order valence-electron chi connectivity index (χ1n) is 6.24. The van der Waals surface area contributed by atoms with Gasteiger partial charge in [-0.3, -0.25) is 5.84 Å². The lowest BCUT2D eigenvalue weighted by Gasteiger charge is -2.23. The molecule has 0 aliphatic rings. The van der Waals surface area contributed by atoms with E-state index in [0.717, 1.165) is 30.7 Å². The van der Waals surface area contributed by atoms with Crippen LogP contribution in [0.2, 0.25) is 0 Å². The lowest BCUT2D eigenvalue weighted by Crippen LogP contribution is -2.30. The van der Waals surface area contributed by atoms with Gasteiger partial charge >= 0.3 is 0 Å². The predicted octanol–water partition coefficient (Wildman–Crippen LogP) is 3.62. The van der Waals surface area contributed by atoms with Crippen LogP contribution in [0.25, 0.3) is 0 Å². The van der Waals surface area contributed by atoms with E-state index in [4.69, 9.17) is 15.3 Å². The highest BCUT2D eigenvalue weighted by molar-refractivity contribution is 14.1. The Hall–Kier alpha value is -0.830. The summed E-state index contributed by atoms with van der Waals surface area (Å²) in [6, 6.07) is 11.5. The van der Waals surface area contributed by atoms with Crippen molar-refractivity contribution in [2.45, 2.75) is 6.04 Å². The molecule has 0 aliphatic heterocycles. The van der Waals surface area contributed by atoms with Gasteiger partial charge in [-0.05, 0) is 58.5 Å². The lowest BCUT2D eigenvalue weighted by atomic mass is 9.97. The summed E-state index contributed by atoms with van der Waals surface area (Å²) < 4.78 is 13.0. The molecule has 0 radical (unpaired) electrons. The minimum absolute atomic E-state index is 0.250. The molecule has 1 unspecified atom stereocenters. The first kappa shape index (κ1) is 16.5. The van der Waals surface area contributed by atoms with Crippen molar-refractivity contribution in [2.24, 2.45) is 5.84 Å². The summed E-state index contributed by atoms with van der Waals surface area (Å²) in [7, 11) is 3.27. The maximum absolute atomic E-state index is 5.82. The second kappa shape index (κ2) is 7.44. The van der Waals surface area contributed by atoms with E-state index in [1.807, 2.05) is 30.3 Å². The molecule has 3 N–H and O–H groups in total. The molecule has 0 aliphatic carbocycles. The van der Waals surface area contributed by atoms with Crippen molar-refractivity contribution in [3.63, 3.8) is 0 Å². The third-order valence-corrected chi connectivity index (χ3v) is 4.58. The fraction of sp³-hybridized carbons (Fsp3) is 0.200. The Bertz CT molecular complexity index is 615. The van der Waals surface area contributed by atoms with Crippen molar-refractivity contribution < 1.29 is 9.47 Å². The van der Waals surface area contributed by atoms with E-state index >= 15 is 0 Å². The van der Waals surface area contributed by atoms with Crippen molar-refractivity contribution in [1.29, 1.82) is 0 Å². The number of ether oxygens (including phenoxy) is 2. The number of halogens is 2. The normalized spacial score (nSPS) is 12.0. The Morgan fingerprint density at radius 2 is 1.76 bits per heavy atom. The summed E-state index contributed by atoms with van der Waals surface area (Å²) in [6.45, 7) is 0. The number of hydrazine groups is 1. The summed E-state index contributed by atoms with van der Waals surface area (Å²) in [5.41, 5.74) is 4.75. The molecule has 1 atom stereocenters. The summed E-state index contributed by atoms with van der Waals surface area (Å²) in [4.78, 5) is 0.